The fourth-order valence-corrected chi connectivity index (χ4v) is 5.53. The number of sulfonamides is 1. The second-order valence-corrected chi connectivity index (χ2v) is 9.28. The summed E-state index contributed by atoms with van der Waals surface area (Å²) in [4.78, 5) is 14.8. The van der Waals surface area contributed by atoms with Gasteiger partial charge in [0, 0.05) is 26.6 Å². The number of nitrogens with zero attached hydrogens (tertiary/aromatic N) is 2. The van der Waals surface area contributed by atoms with E-state index in [0.29, 0.717) is 38.1 Å². The zero-order valence-electron chi connectivity index (χ0n) is 15.8. The number of fused-ring (bicyclic) bond motifs is 2. The Labute approximate surface area is 165 Å². The van der Waals surface area contributed by atoms with Crippen LogP contribution in [0.3, 0.4) is 0 Å². The van der Waals surface area contributed by atoms with Gasteiger partial charge in [0.05, 0.1) is 12.5 Å². The molecule has 0 spiro atoms. The van der Waals surface area contributed by atoms with Gasteiger partial charge in [-0.2, -0.15) is 4.31 Å². The standard InChI is InChI=1S/C21H24N2O4S/c1-22-17-11-13-23(21(24)15-16-7-3-2-4-8-16)14-12-18(17)27-19-9-5-6-10-20(19)28(22,25)26/h2-10,17-18H,11-15H2,1H3/t17-,18-/m0/s1. The highest BCUT2D eigenvalue weighted by atomic mass is 32.2. The molecule has 0 saturated carbocycles. The van der Waals surface area contributed by atoms with Crippen LogP contribution >= 0.6 is 0 Å². The van der Waals surface area contributed by atoms with Crippen molar-refractivity contribution >= 4 is 15.9 Å². The Morgan fingerprint density at radius 1 is 1.04 bits per heavy atom. The largest absolute Gasteiger partial charge is 0.487 e. The number of hydrogen-bond acceptors (Lipinski definition) is 4. The van der Waals surface area contributed by atoms with Gasteiger partial charge in [-0.1, -0.05) is 42.5 Å². The molecule has 2 aliphatic heterocycles. The van der Waals surface area contributed by atoms with Crippen LogP contribution in [0.4, 0.5) is 0 Å². The third-order valence-corrected chi connectivity index (χ3v) is 7.53. The van der Waals surface area contributed by atoms with E-state index in [-0.39, 0.29) is 22.9 Å². The molecule has 0 aliphatic carbocycles. The van der Waals surface area contributed by atoms with Gasteiger partial charge in [0.1, 0.15) is 16.7 Å². The molecule has 2 atom stereocenters. The average Bonchev–Trinajstić information content (AvgIpc) is 2.94. The molecule has 28 heavy (non-hydrogen) atoms. The lowest BCUT2D eigenvalue weighted by molar-refractivity contribution is -0.130. The van der Waals surface area contributed by atoms with Crippen molar-refractivity contribution in [3.05, 3.63) is 60.2 Å². The smallest absolute Gasteiger partial charge is 0.246 e. The van der Waals surface area contributed by atoms with Crippen molar-refractivity contribution in [1.82, 2.24) is 9.21 Å². The van der Waals surface area contributed by atoms with E-state index >= 15 is 0 Å². The van der Waals surface area contributed by atoms with Crippen molar-refractivity contribution in [2.24, 2.45) is 0 Å². The predicted octanol–water partition coefficient (Wildman–Crippen LogP) is 2.30. The summed E-state index contributed by atoms with van der Waals surface area (Å²) in [6.45, 7) is 1.08. The van der Waals surface area contributed by atoms with Gasteiger partial charge in [0.25, 0.3) is 0 Å². The van der Waals surface area contributed by atoms with E-state index < -0.39 is 10.0 Å². The Bertz CT molecular complexity index is 961. The monoisotopic (exact) mass is 400 g/mol. The zero-order chi connectivity index (χ0) is 19.7. The third-order valence-electron chi connectivity index (χ3n) is 5.61. The van der Waals surface area contributed by atoms with Crippen LogP contribution in [0.2, 0.25) is 0 Å². The first-order valence-corrected chi connectivity index (χ1v) is 11.0. The van der Waals surface area contributed by atoms with Gasteiger partial charge in [-0.25, -0.2) is 8.42 Å². The Balaban J connectivity index is 1.54. The summed E-state index contributed by atoms with van der Waals surface area (Å²) in [6, 6.07) is 16.1. The van der Waals surface area contributed by atoms with Crippen molar-refractivity contribution < 1.29 is 17.9 Å². The minimum Gasteiger partial charge on any atom is -0.487 e. The number of rotatable bonds is 2. The summed E-state index contributed by atoms with van der Waals surface area (Å²) in [7, 11) is -2.01. The number of hydrogen-bond donors (Lipinski definition) is 0. The molecule has 7 heteroatoms. The summed E-state index contributed by atoms with van der Waals surface area (Å²) in [6.07, 6.45) is 1.22. The van der Waals surface area contributed by atoms with E-state index in [9.17, 15) is 13.2 Å². The van der Waals surface area contributed by atoms with Crippen LogP contribution < -0.4 is 4.74 Å². The molecular weight excluding hydrogens is 376 g/mol. The summed E-state index contributed by atoms with van der Waals surface area (Å²) < 4.78 is 33.6. The van der Waals surface area contributed by atoms with Gasteiger partial charge in [-0.05, 0) is 24.1 Å². The molecule has 1 fully saturated rings. The number of para-hydroxylation sites is 1. The lowest BCUT2D eigenvalue weighted by Crippen LogP contribution is -2.44. The number of benzene rings is 2. The first kappa shape index (κ1) is 19.0. The Kier molecular flexibility index (Phi) is 5.12. The highest BCUT2D eigenvalue weighted by Crippen LogP contribution is 2.35. The first-order valence-electron chi connectivity index (χ1n) is 9.52. The lowest BCUT2D eigenvalue weighted by Gasteiger charge is -2.28. The van der Waals surface area contributed by atoms with E-state index in [1.807, 2.05) is 35.2 Å². The predicted molar refractivity (Wildman–Crippen MR) is 106 cm³/mol. The zero-order valence-corrected chi connectivity index (χ0v) is 16.6. The van der Waals surface area contributed by atoms with E-state index in [2.05, 4.69) is 0 Å². The average molecular weight is 401 g/mol. The van der Waals surface area contributed by atoms with Gasteiger partial charge >= 0.3 is 0 Å². The van der Waals surface area contributed by atoms with Gasteiger partial charge < -0.3 is 9.64 Å². The van der Waals surface area contributed by atoms with Crippen LogP contribution in [0.15, 0.2) is 59.5 Å². The van der Waals surface area contributed by atoms with Crippen molar-refractivity contribution in [1.29, 1.82) is 0 Å². The normalized spacial score (nSPS) is 24.2. The minimum absolute atomic E-state index is 0.0635. The Morgan fingerprint density at radius 2 is 1.71 bits per heavy atom. The molecule has 2 aromatic rings. The lowest BCUT2D eigenvalue weighted by atomic mass is 10.1. The quantitative estimate of drug-likeness (QED) is 0.776. The van der Waals surface area contributed by atoms with E-state index in [1.165, 1.54) is 4.31 Å². The molecule has 0 unspecified atom stereocenters. The van der Waals surface area contributed by atoms with Crippen LogP contribution in [0.1, 0.15) is 18.4 Å². The molecule has 0 radical (unpaired) electrons. The van der Waals surface area contributed by atoms with Crippen molar-refractivity contribution in [3.63, 3.8) is 0 Å². The van der Waals surface area contributed by atoms with E-state index in [0.717, 1.165) is 5.56 Å². The molecule has 0 aromatic heterocycles. The van der Waals surface area contributed by atoms with Crippen molar-refractivity contribution in [2.45, 2.75) is 36.3 Å². The molecule has 2 aromatic carbocycles. The van der Waals surface area contributed by atoms with E-state index in [1.54, 1.807) is 31.3 Å². The molecule has 148 valence electrons. The molecule has 4 rings (SSSR count). The molecule has 2 heterocycles. The highest BCUT2D eigenvalue weighted by Gasteiger charge is 2.41. The second-order valence-electron chi connectivity index (χ2n) is 7.31. The fourth-order valence-electron chi connectivity index (χ4n) is 4.00. The number of amides is 1. The number of ether oxygens (including phenoxy) is 1. The maximum absolute atomic E-state index is 13.0. The Morgan fingerprint density at radius 3 is 2.50 bits per heavy atom. The number of carbonyl (C=O) groups is 1. The summed E-state index contributed by atoms with van der Waals surface area (Å²) >= 11 is 0. The molecule has 1 saturated heterocycles. The molecule has 2 aliphatic rings. The fraction of sp³-hybridized carbons (Fsp3) is 0.381. The van der Waals surface area contributed by atoms with Crippen LogP contribution in [0.25, 0.3) is 0 Å². The van der Waals surface area contributed by atoms with Crippen LogP contribution in [0.5, 0.6) is 5.75 Å². The van der Waals surface area contributed by atoms with E-state index in [4.69, 9.17) is 4.74 Å². The maximum atomic E-state index is 13.0. The second kappa shape index (κ2) is 7.56. The van der Waals surface area contributed by atoms with Crippen molar-refractivity contribution in [2.75, 3.05) is 20.1 Å². The molecular formula is C21H24N2O4S. The third kappa shape index (κ3) is 3.52. The van der Waals surface area contributed by atoms with Crippen LogP contribution in [-0.2, 0) is 21.2 Å². The molecule has 6 nitrogen and oxygen atoms in total. The number of likely N-dealkylation sites (N-methyl/N-ethyl adjacent to an activating group) is 1. The van der Waals surface area contributed by atoms with Gasteiger partial charge in [-0.15, -0.1) is 0 Å². The number of likely N-dealkylation sites (tertiary alicyclic amines) is 1. The minimum atomic E-state index is -3.63. The van der Waals surface area contributed by atoms with Crippen LogP contribution in [-0.4, -0.2) is 55.8 Å². The van der Waals surface area contributed by atoms with Gasteiger partial charge in [-0.3, -0.25) is 4.79 Å². The number of carbonyl (C=O) groups excluding carboxylic acids is 1. The van der Waals surface area contributed by atoms with Crippen LogP contribution in [0, 0.1) is 0 Å². The summed E-state index contributed by atoms with van der Waals surface area (Å²) in [5.74, 6) is 0.458. The van der Waals surface area contributed by atoms with Gasteiger partial charge in [0.2, 0.25) is 15.9 Å². The van der Waals surface area contributed by atoms with Gasteiger partial charge in [0.15, 0.2) is 0 Å². The maximum Gasteiger partial charge on any atom is 0.246 e. The topological polar surface area (TPSA) is 66.9 Å². The SMILES string of the molecule is CN1[C@H]2CCN(C(=O)Cc3ccccc3)CC[C@@H]2Oc2ccccc2S1(=O)=O. The summed E-state index contributed by atoms with van der Waals surface area (Å²) in [5.41, 5.74) is 0.982. The Hall–Kier alpha value is -2.38. The first-order chi connectivity index (χ1) is 13.5. The molecule has 0 bridgehead atoms. The summed E-state index contributed by atoms with van der Waals surface area (Å²) in [5, 5.41) is 0. The molecule has 1 amide bonds. The molecule has 0 N–H and O–H groups in total. The highest BCUT2D eigenvalue weighted by molar-refractivity contribution is 7.89. The van der Waals surface area contributed by atoms with Crippen molar-refractivity contribution in [3.8, 4) is 5.75 Å².